The van der Waals surface area contributed by atoms with E-state index in [0.717, 1.165) is 19.0 Å². The molecule has 1 saturated heterocycles. The Labute approximate surface area is 113 Å². The average molecular weight is 253 g/mol. The van der Waals surface area contributed by atoms with Crippen molar-refractivity contribution < 1.29 is 0 Å². The topological polar surface area (TPSA) is 32.5 Å². The van der Waals surface area contributed by atoms with E-state index in [1.807, 2.05) is 0 Å². The van der Waals surface area contributed by atoms with E-state index in [9.17, 15) is 0 Å². The standard InChI is InChI=1S/C15H31N3/c1-13-5-7-15(11-16,8-6-13)18-10-9-17(4)14(2,3)12-18/h13H,5-12,16H2,1-4H3. The molecule has 0 amide bonds. The summed E-state index contributed by atoms with van der Waals surface area (Å²) in [7, 11) is 2.25. The van der Waals surface area contributed by atoms with E-state index in [0.29, 0.717) is 5.54 Å². The lowest BCUT2D eigenvalue weighted by molar-refractivity contribution is -0.0409. The molecule has 0 aromatic heterocycles. The van der Waals surface area contributed by atoms with Crippen molar-refractivity contribution in [1.82, 2.24) is 9.80 Å². The second-order valence-corrected chi connectivity index (χ2v) is 7.27. The van der Waals surface area contributed by atoms with Crippen molar-refractivity contribution in [3.8, 4) is 0 Å². The summed E-state index contributed by atoms with van der Waals surface area (Å²) >= 11 is 0. The van der Waals surface area contributed by atoms with Gasteiger partial charge in [0.1, 0.15) is 0 Å². The SMILES string of the molecule is CC1CCC(CN)(N2CCN(C)C(C)(C)C2)CC1. The van der Waals surface area contributed by atoms with Crippen LogP contribution in [0.3, 0.4) is 0 Å². The second-order valence-electron chi connectivity index (χ2n) is 7.27. The molecule has 0 aromatic carbocycles. The molecule has 3 nitrogen and oxygen atoms in total. The average Bonchev–Trinajstić information content (AvgIpc) is 2.34. The maximum atomic E-state index is 6.18. The molecule has 0 unspecified atom stereocenters. The summed E-state index contributed by atoms with van der Waals surface area (Å²) in [6.45, 7) is 11.4. The van der Waals surface area contributed by atoms with Crippen molar-refractivity contribution >= 4 is 0 Å². The molecule has 0 aromatic rings. The zero-order valence-corrected chi connectivity index (χ0v) is 12.7. The minimum atomic E-state index is 0.281. The molecule has 2 aliphatic rings. The smallest absolute Gasteiger partial charge is 0.0333 e. The van der Waals surface area contributed by atoms with Gasteiger partial charge in [-0.3, -0.25) is 9.80 Å². The summed E-state index contributed by atoms with van der Waals surface area (Å²) in [5, 5.41) is 0. The largest absolute Gasteiger partial charge is 0.329 e. The van der Waals surface area contributed by atoms with Crippen LogP contribution >= 0.6 is 0 Å². The Morgan fingerprint density at radius 3 is 2.28 bits per heavy atom. The van der Waals surface area contributed by atoms with Crippen molar-refractivity contribution in [3.05, 3.63) is 0 Å². The van der Waals surface area contributed by atoms with Crippen LogP contribution in [-0.2, 0) is 0 Å². The first-order chi connectivity index (χ1) is 8.39. The predicted octanol–water partition coefficient (Wildman–Crippen LogP) is 1.92. The molecule has 0 spiro atoms. The lowest BCUT2D eigenvalue weighted by Crippen LogP contribution is -2.66. The normalized spacial score (nSPS) is 38.8. The third-order valence-corrected chi connectivity index (χ3v) is 5.57. The maximum absolute atomic E-state index is 6.18. The van der Waals surface area contributed by atoms with E-state index in [1.54, 1.807) is 0 Å². The third-order valence-electron chi connectivity index (χ3n) is 5.57. The Morgan fingerprint density at radius 1 is 1.17 bits per heavy atom. The summed E-state index contributed by atoms with van der Waals surface area (Å²) in [5.74, 6) is 0.894. The van der Waals surface area contributed by atoms with Gasteiger partial charge < -0.3 is 5.73 Å². The quantitative estimate of drug-likeness (QED) is 0.816. The Hall–Kier alpha value is -0.120. The Kier molecular flexibility index (Phi) is 4.05. The van der Waals surface area contributed by atoms with Crippen LogP contribution in [0.15, 0.2) is 0 Å². The molecular weight excluding hydrogens is 222 g/mol. The molecule has 1 heterocycles. The summed E-state index contributed by atoms with van der Waals surface area (Å²) in [6.07, 6.45) is 5.29. The number of hydrogen-bond donors (Lipinski definition) is 1. The van der Waals surface area contributed by atoms with Crippen molar-refractivity contribution in [2.24, 2.45) is 11.7 Å². The first-order valence-corrected chi connectivity index (χ1v) is 7.56. The van der Waals surface area contributed by atoms with Gasteiger partial charge in [0.2, 0.25) is 0 Å². The molecule has 3 heteroatoms. The minimum absolute atomic E-state index is 0.281. The fourth-order valence-corrected chi connectivity index (χ4v) is 3.59. The van der Waals surface area contributed by atoms with Crippen LogP contribution in [0.1, 0.15) is 46.5 Å². The van der Waals surface area contributed by atoms with E-state index < -0.39 is 0 Å². The van der Waals surface area contributed by atoms with Crippen LogP contribution in [0.25, 0.3) is 0 Å². The molecule has 0 atom stereocenters. The van der Waals surface area contributed by atoms with Crippen molar-refractivity contribution in [1.29, 1.82) is 0 Å². The highest BCUT2D eigenvalue weighted by atomic mass is 15.3. The van der Waals surface area contributed by atoms with Crippen molar-refractivity contribution in [2.45, 2.75) is 57.5 Å². The van der Waals surface area contributed by atoms with E-state index in [-0.39, 0.29) is 5.54 Å². The number of likely N-dealkylation sites (N-methyl/N-ethyl adjacent to an activating group) is 1. The van der Waals surface area contributed by atoms with E-state index >= 15 is 0 Å². The lowest BCUT2D eigenvalue weighted by atomic mass is 9.75. The second kappa shape index (κ2) is 5.10. The van der Waals surface area contributed by atoms with Crippen LogP contribution in [0.4, 0.5) is 0 Å². The third kappa shape index (κ3) is 2.59. The first-order valence-electron chi connectivity index (χ1n) is 7.56. The number of rotatable bonds is 2. The minimum Gasteiger partial charge on any atom is -0.329 e. The van der Waals surface area contributed by atoms with Crippen LogP contribution in [0, 0.1) is 5.92 Å². The van der Waals surface area contributed by atoms with Gasteiger partial charge in [0, 0.05) is 37.3 Å². The molecule has 0 radical (unpaired) electrons. The fourth-order valence-electron chi connectivity index (χ4n) is 3.59. The number of nitrogens with two attached hydrogens (primary N) is 1. The van der Waals surface area contributed by atoms with Gasteiger partial charge in [-0.05, 0) is 52.5 Å². The monoisotopic (exact) mass is 253 g/mol. The fraction of sp³-hybridized carbons (Fsp3) is 1.00. The number of piperazine rings is 1. The molecule has 106 valence electrons. The summed E-state index contributed by atoms with van der Waals surface area (Å²) in [5.41, 5.74) is 6.76. The van der Waals surface area contributed by atoms with Gasteiger partial charge in [-0.25, -0.2) is 0 Å². The van der Waals surface area contributed by atoms with E-state index in [1.165, 1.54) is 38.8 Å². The van der Waals surface area contributed by atoms with Crippen molar-refractivity contribution in [2.75, 3.05) is 33.2 Å². The van der Waals surface area contributed by atoms with Crippen molar-refractivity contribution in [3.63, 3.8) is 0 Å². The Bertz CT molecular complexity index is 279. The molecule has 0 bridgehead atoms. The summed E-state index contributed by atoms with van der Waals surface area (Å²) < 4.78 is 0. The summed E-state index contributed by atoms with van der Waals surface area (Å²) in [4.78, 5) is 5.19. The summed E-state index contributed by atoms with van der Waals surface area (Å²) in [6, 6.07) is 0. The number of hydrogen-bond acceptors (Lipinski definition) is 3. The first kappa shape index (κ1) is 14.3. The van der Waals surface area contributed by atoms with Gasteiger partial charge in [0.05, 0.1) is 0 Å². The molecule has 2 N–H and O–H groups in total. The molecule has 1 aliphatic heterocycles. The zero-order chi connectivity index (χ0) is 13.4. The van der Waals surface area contributed by atoms with Gasteiger partial charge in [-0.2, -0.15) is 0 Å². The molecule has 1 saturated carbocycles. The highest BCUT2D eigenvalue weighted by Gasteiger charge is 2.43. The van der Waals surface area contributed by atoms with Gasteiger partial charge >= 0.3 is 0 Å². The maximum Gasteiger partial charge on any atom is 0.0333 e. The Balaban J connectivity index is 2.09. The van der Waals surface area contributed by atoms with E-state index in [2.05, 4.69) is 37.6 Å². The Morgan fingerprint density at radius 2 is 1.78 bits per heavy atom. The molecule has 2 rings (SSSR count). The molecule has 2 fully saturated rings. The van der Waals surface area contributed by atoms with E-state index in [4.69, 9.17) is 5.73 Å². The van der Waals surface area contributed by atoms with Gasteiger partial charge in [-0.1, -0.05) is 6.92 Å². The highest BCUT2D eigenvalue weighted by Crippen LogP contribution is 2.38. The van der Waals surface area contributed by atoms with Gasteiger partial charge in [-0.15, -0.1) is 0 Å². The van der Waals surface area contributed by atoms with Crippen LogP contribution in [-0.4, -0.2) is 54.1 Å². The highest BCUT2D eigenvalue weighted by molar-refractivity contribution is 5.00. The molecule has 1 aliphatic carbocycles. The zero-order valence-electron chi connectivity index (χ0n) is 12.7. The number of nitrogens with zero attached hydrogens (tertiary/aromatic N) is 2. The predicted molar refractivity (Wildman–Crippen MR) is 77.7 cm³/mol. The molecular formula is C15H31N3. The van der Waals surface area contributed by atoms with Crippen LogP contribution < -0.4 is 5.73 Å². The van der Waals surface area contributed by atoms with Crippen LogP contribution in [0.5, 0.6) is 0 Å². The van der Waals surface area contributed by atoms with Gasteiger partial charge in [0.15, 0.2) is 0 Å². The lowest BCUT2D eigenvalue weighted by Gasteiger charge is -2.54. The van der Waals surface area contributed by atoms with Crippen LogP contribution in [0.2, 0.25) is 0 Å². The van der Waals surface area contributed by atoms with Gasteiger partial charge in [0.25, 0.3) is 0 Å². The molecule has 18 heavy (non-hydrogen) atoms.